The molecule has 0 saturated heterocycles. The average molecular weight is 355 g/mol. The number of benzene rings is 1. The van der Waals surface area contributed by atoms with Crippen molar-refractivity contribution in [2.45, 2.75) is 37.6 Å². The number of thioether (sulfide) groups is 1. The minimum absolute atomic E-state index is 0.205. The minimum Gasteiger partial charge on any atom is -0.497 e. The zero-order valence-corrected chi connectivity index (χ0v) is 14.0. The van der Waals surface area contributed by atoms with E-state index < -0.39 is 0 Å². The van der Waals surface area contributed by atoms with Gasteiger partial charge in [-0.25, -0.2) is 0 Å². The number of hydrogen-bond donors (Lipinski definition) is 1. The lowest BCUT2D eigenvalue weighted by Crippen LogP contribution is -2.29. The molecule has 1 heterocycles. The number of nitrogens with one attached hydrogen (secondary N) is 1. The second kappa shape index (κ2) is 5.98. The molecule has 0 atom stereocenters. The molecule has 0 radical (unpaired) electrons. The maximum atomic E-state index is 5.28. The Balaban J connectivity index is 1.76. The molecule has 1 aromatic rings. The van der Waals surface area contributed by atoms with Crippen molar-refractivity contribution in [3.05, 3.63) is 22.7 Å². The third-order valence-electron chi connectivity index (χ3n) is 4.02. The van der Waals surface area contributed by atoms with E-state index in [1.165, 1.54) is 32.1 Å². The van der Waals surface area contributed by atoms with Crippen LogP contribution in [0.5, 0.6) is 5.75 Å². The van der Waals surface area contributed by atoms with Crippen molar-refractivity contribution in [2.75, 3.05) is 18.2 Å². The monoisotopic (exact) mass is 354 g/mol. The molecule has 20 heavy (non-hydrogen) atoms. The van der Waals surface area contributed by atoms with Gasteiger partial charge in [0.05, 0.1) is 18.3 Å². The van der Waals surface area contributed by atoms with E-state index in [0.717, 1.165) is 26.8 Å². The van der Waals surface area contributed by atoms with Crippen LogP contribution in [-0.2, 0) is 0 Å². The van der Waals surface area contributed by atoms with Crippen molar-refractivity contribution in [2.24, 2.45) is 4.99 Å². The van der Waals surface area contributed by atoms with Crippen molar-refractivity contribution >= 4 is 38.5 Å². The number of rotatable bonds is 2. The summed E-state index contributed by atoms with van der Waals surface area (Å²) in [6.07, 6.45) is 6.49. The zero-order chi connectivity index (χ0) is 14.0. The van der Waals surface area contributed by atoms with Gasteiger partial charge in [-0.05, 0) is 40.9 Å². The molecule has 1 aromatic carbocycles. The second-order valence-corrected chi connectivity index (χ2v) is 7.28. The molecule has 3 rings (SSSR count). The smallest absolute Gasteiger partial charge is 0.161 e. The van der Waals surface area contributed by atoms with E-state index in [0.29, 0.717) is 0 Å². The van der Waals surface area contributed by atoms with Crippen LogP contribution in [0, 0.1) is 0 Å². The Labute approximate surface area is 132 Å². The predicted octanol–water partition coefficient (Wildman–Crippen LogP) is 4.68. The van der Waals surface area contributed by atoms with Crippen LogP contribution in [0.15, 0.2) is 27.7 Å². The SMILES string of the molecule is COc1ccc(Br)c(NC2=NC3(CCCCC3)CS2)c1. The van der Waals surface area contributed by atoms with Crippen LogP contribution < -0.4 is 10.1 Å². The summed E-state index contributed by atoms with van der Waals surface area (Å²) in [6.45, 7) is 0. The number of aliphatic imine (C=N–C) groups is 1. The van der Waals surface area contributed by atoms with Gasteiger partial charge in [0.15, 0.2) is 5.17 Å². The number of amidine groups is 1. The zero-order valence-electron chi connectivity index (χ0n) is 11.6. The fourth-order valence-corrected chi connectivity index (χ4v) is 4.40. The largest absolute Gasteiger partial charge is 0.497 e. The molecule has 1 spiro atoms. The summed E-state index contributed by atoms with van der Waals surface area (Å²) in [6, 6.07) is 5.94. The van der Waals surface area contributed by atoms with Crippen molar-refractivity contribution in [1.82, 2.24) is 0 Å². The molecular weight excluding hydrogens is 336 g/mol. The summed E-state index contributed by atoms with van der Waals surface area (Å²) in [7, 11) is 1.69. The number of anilines is 1. The maximum absolute atomic E-state index is 5.28. The van der Waals surface area contributed by atoms with E-state index in [-0.39, 0.29) is 5.54 Å². The van der Waals surface area contributed by atoms with Crippen LogP contribution in [0.25, 0.3) is 0 Å². The highest BCUT2D eigenvalue weighted by molar-refractivity contribution is 9.10. The van der Waals surface area contributed by atoms with Gasteiger partial charge in [-0.2, -0.15) is 0 Å². The Morgan fingerprint density at radius 2 is 2.10 bits per heavy atom. The first-order valence-corrected chi connectivity index (χ1v) is 8.82. The van der Waals surface area contributed by atoms with Gasteiger partial charge in [0.1, 0.15) is 5.75 Å². The third-order valence-corrected chi connectivity index (χ3v) is 5.86. The number of halogens is 1. The van der Waals surface area contributed by atoms with Gasteiger partial charge in [0.2, 0.25) is 0 Å². The van der Waals surface area contributed by atoms with Gasteiger partial charge >= 0.3 is 0 Å². The molecule has 0 bridgehead atoms. The third kappa shape index (κ3) is 2.98. The molecule has 0 amide bonds. The van der Waals surface area contributed by atoms with Crippen molar-refractivity contribution in [3.63, 3.8) is 0 Å². The van der Waals surface area contributed by atoms with Gasteiger partial charge < -0.3 is 10.1 Å². The van der Waals surface area contributed by atoms with Crippen molar-refractivity contribution in [1.29, 1.82) is 0 Å². The highest BCUT2D eigenvalue weighted by atomic mass is 79.9. The van der Waals surface area contributed by atoms with Crippen LogP contribution >= 0.6 is 27.7 Å². The summed E-state index contributed by atoms with van der Waals surface area (Å²) >= 11 is 5.41. The predicted molar refractivity (Wildman–Crippen MR) is 90.0 cm³/mol. The summed E-state index contributed by atoms with van der Waals surface area (Å²) in [5.41, 5.74) is 1.22. The van der Waals surface area contributed by atoms with Crippen molar-refractivity contribution < 1.29 is 4.74 Å². The molecule has 1 aliphatic carbocycles. The highest BCUT2D eigenvalue weighted by Crippen LogP contribution is 2.40. The summed E-state index contributed by atoms with van der Waals surface area (Å²) in [5, 5.41) is 4.48. The number of methoxy groups -OCH3 is 1. The van der Waals surface area contributed by atoms with Gasteiger partial charge in [0, 0.05) is 16.3 Å². The maximum Gasteiger partial charge on any atom is 0.161 e. The van der Waals surface area contributed by atoms with E-state index >= 15 is 0 Å². The van der Waals surface area contributed by atoms with Gasteiger partial charge in [-0.3, -0.25) is 4.99 Å². The summed E-state index contributed by atoms with van der Waals surface area (Å²) in [5.74, 6) is 1.98. The van der Waals surface area contributed by atoms with Crippen LogP contribution in [-0.4, -0.2) is 23.6 Å². The molecular formula is C15H19BrN2OS. The molecule has 108 valence electrons. The van der Waals surface area contributed by atoms with Gasteiger partial charge in [-0.1, -0.05) is 31.0 Å². The molecule has 5 heteroatoms. The average Bonchev–Trinajstić information content (AvgIpc) is 2.84. The quantitative estimate of drug-likeness (QED) is 0.837. The standard InChI is InChI=1S/C15H19BrN2OS/c1-19-11-5-6-12(16)13(9-11)17-14-18-15(10-20-14)7-3-2-4-8-15/h5-6,9H,2-4,7-8,10H2,1H3,(H,17,18). The number of ether oxygens (including phenoxy) is 1. The fraction of sp³-hybridized carbons (Fsp3) is 0.533. The van der Waals surface area contributed by atoms with Crippen LogP contribution in [0.1, 0.15) is 32.1 Å². The molecule has 0 aromatic heterocycles. The van der Waals surface area contributed by atoms with Crippen LogP contribution in [0.3, 0.4) is 0 Å². The second-order valence-electron chi connectivity index (χ2n) is 5.46. The van der Waals surface area contributed by atoms with E-state index in [1.807, 2.05) is 30.0 Å². The highest BCUT2D eigenvalue weighted by Gasteiger charge is 2.36. The lowest BCUT2D eigenvalue weighted by atomic mass is 9.84. The molecule has 2 aliphatic rings. The lowest BCUT2D eigenvalue weighted by molar-refractivity contribution is 0.335. The Morgan fingerprint density at radius 1 is 1.30 bits per heavy atom. The van der Waals surface area contributed by atoms with Gasteiger partial charge in [-0.15, -0.1) is 0 Å². The summed E-state index contributed by atoms with van der Waals surface area (Å²) in [4.78, 5) is 4.98. The van der Waals surface area contributed by atoms with E-state index in [9.17, 15) is 0 Å². The molecule has 1 N–H and O–H groups in total. The van der Waals surface area contributed by atoms with Crippen molar-refractivity contribution in [3.8, 4) is 5.75 Å². The molecule has 1 aliphatic heterocycles. The summed E-state index contributed by atoms with van der Waals surface area (Å²) < 4.78 is 6.31. The number of nitrogens with zero attached hydrogens (tertiary/aromatic N) is 1. The molecule has 0 unspecified atom stereocenters. The first kappa shape index (κ1) is 14.3. The first-order chi connectivity index (χ1) is 9.71. The van der Waals surface area contributed by atoms with Gasteiger partial charge in [0.25, 0.3) is 0 Å². The van der Waals surface area contributed by atoms with E-state index in [4.69, 9.17) is 9.73 Å². The van der Waals surface area contributed by atoms with E-state index in [1.54, 1.807) is 7.11 Å². The molecule has 3 nitrogen and oxygen atoms in total. The first-order valence-electron chi connectivity index (χ1n) is 7.04. The topological polar surface area (TPSA) is 33.6 Å². The Kier molecular flexibility index (Phi) is 4.26. The Hall–Kier alpha value is -0.680. The van der Waals surface area contributed by atoms with Crippen LogP contribution in [0.2, 0.25) is 0 Å². The normalized spacial score (nSPS) is 20.8. The fourth-order valence-electron chi connectivity index (χ4n) is 2.86. The number of hydrogen-bond acceptors (Lipinski definition) is 4. The molecule has 1 saturated carbocycles. The van der Waals surface area contributed by atoms with Crippen LogP contribution in [0.4, 0.5) is 5.69 Å². The Bertz CT molecular complexity index is 527. The Morgan fingerprint density at radius 3 is 2.85 bits per heavy atom. The minimum atomic E-state index is 0.205. The lowest BCUT2D eigenvalue weighted by Gasteiger charge is -2.29. The van der Waals surface area contributed by atoms with E-state index in [2.05, 4.69) is 21.2 Å². The molecule has 1 fully saturated rings.